The standard InChI is InChI=1S/C18H27N3OS/c23-18(19-13-17-7-4-12-22-17)20-16-8-10-21(11-9-16)14-15-5-2-1-3-6-15/h1-3,5-6,16-17H,4,7-14H2,(H2,19,20,23). The fraction of sp³-hybridized carbons (Fsp3) is 0.611. The van der Waals surface area contributed by atoms with Gasteiger partial charge in [0.25, 0.3) is 0 Å². The third-order valence-corrected chi connectivity index (χ3v) is 4.95. The molecule has 126 valence electrons. The number of ether oxygens (including phenoxy) is 1. The van der Waals surface area contributed by atoms with E-state index in [-0.39, 0.29) is 0 Å². The SMILES string of the molecule is S=C(NCC1CCCO1)NC1CCN(Cc2ccccc2)CC1. The summed E-state index contributed by atoms with van der Waals surface area (Å²) in [4.78, 5) is 2.52. The number of likely N-dealkylation sites (tertiary alicyclic amines) is 1. The minimum absolute atomic E-state index is 0.336. The van der Waals surface area contributed by atoms with Crippen LogP contribution in [-0.2, 0) is 11.3 Å². The van der Waals surface area contributed by atoms with Crippen LogP contribution < -0.4 is 10.6 Å². The number of hydrogen-bond donors (Lipinski definition) is 2. The van der Waals surface area contributed by atoms with Gasteiger partial charge in [-0.3, -0.25) is 4.90 Å². The molecule has 0 radical (unpaired) electrons. The molecule has 0 saturated carbocycles. The molecule has 0 spiro atoms. The van der Waals surface area contributed by atoms with Gasteiger partial charge < -0.3 is 15.4 Å². The first-order valence-corrected chi connectivity index (χ1v) is 9.12. The van der Waals surface area contributed by atoms with Crippen LogP contribution in [0.5, 0.6) is 0 Å². The first kappa shape index (κ1) is 16.7. The second kappa shape index (κ2) is 8.62. The van der Waals surface area contributed by atoms with Crippen LogP contribution in [0.3, 0.4) is 0 Å². The maximum absolute atomic E-state index is 5.61. The summed E-state index contributed by atoms with van der Waals surface area (Å²) >= 11 is 5.41. The Morgan fingerprint density at radius 1 is 1.17 bits per heavy atom. The number of hydrogen-bond acceptors (Lipinski definition) is 3. The van der Waals surface area contributed by atoms with Crippen LogP contribution in [0.25, 0.3) is 0 Å². The summed E-state index contributed by atoms with van der Waals surface area (Å²) in [6.07, 6.45) is 4.95. The molecule has 0 aromatic heterocycles. The summed E-state index contributed by atoms with van der Waals surface area (Å²) in [5.74, 6) is 0. The Morgan fingerprint density at radius 2 is 1.96 bits per heavy atom. The van der Waals surface area contributed by atoms with Crippen LogP contribution in [0.4, 0.5) is 0 Å². The van der Waals surface area contributed by atoms with E-state index in [1.807, 2.05) is 0 Å². The fourth-order valence-electron chi connectivity index (χ4n) is 3.33. The molecule has 1 atom stereocenters. The summed E-state index contributed by atoms with van der Waals surface area (Å²) in [7, 11) is 0. The topological polar surface area (TPSA) is 36.5 Å². The van der Waals surface area contributed by atoms with Crippen LogP contribution in [0.1, 0.15) is 31.2 Å². The number of nitrogens with zero attached hydrogens (tertiary/aromatic N) is 1. The van der Waals surface area contributed by atoms with Crippen LogP contribution in [0, 0.1) is 0 Å². The molecule has 2 heterocycles. The molecular formula is C18H27N3OS. The van der Waals surface area contributed by atoms with Crippen LogP contribution >= 0.6 is 12.2 Å². The van der Waals surface area contributed by atoms with E-state index >= 15 is 0 Å². The summed E-state index contributed by atoms with van der Waals surface area (Å²) in [5.41, 5.74) is 1.40. The summed E-state index contributed by atoms with van der Waals surface area (Å²) < 4.78 is 5.61. The molecule has 1 aromatic rings. The molecule has 2 aliphatic rings. The van der Waals surface area contributed by atoms with Crippen molar-refractivity contribution < 1.29 is 4.74 Å². The van der Waals surface area contributed by atoms with Gasteiger partial charge in [0.15, 0.2) is 5.11 Å². The van der Waals surface area contributed by atoms with Crippen molar-refractivity contribution in [1.29, 1.82) is 0 Å². The highest BCUT2D eigenvalue weighted by Gasteiger charge is 2.20. The fourth-order valence-corrected chi connectivity index (χ4v) is 3.58. The van der Waals surface area contributed by atoms with Crippen molar-refractivity contribution in [2.24, 2.45) is 0 Å². The van der Waals surface area contributed by atoms with Crippen molar-refractivity contribution in [3.8, 4) is 0 Å². The zero-order valence-electron chi connectivity index (χ0n) is 13.7. The monoisotopic (exact) mass is 333 g/mol. The summed E-state index contributed by atoms with van der Waals surface area (Å²) in [6.45, 7) is 5.03. The molecule has 2 fully saturated rings. The van der Waals surface area contributed by atoms with Gasteiger partial charge >= 0.3 is 0 Å². The maximum atomic E-state index is 5.61. The predicted octanol–water partition coefficient (Wildman–Crippen LogP) is 2.29. The van der Waals surface area contributed by atoms with Crippen LogP contribution in [0.2, 0.25) is 0 Å². The Balaban J connectivity index is 1.33. The molecule has 1 unspecified atom stereocenters. The average molecular weight is 334 g/mol. The normalized spacial score (nSPS) is 22.9. The Bertz CT molecular complexity index is 482. The lowest BCUT2D eigenvalue weighted by atomic mass is 10.0. The van der Waals surface area contributed by atoms with Crippen molar-refractivity contribution in [2.45, 2.75) is 44.4 Å². The van der Waals surface area contributed by atoms with Crippen LogP contribution in [-0.4, -0.2) is 48.4 Å². The molecule has 0 amide bonds. The van der Waals surface area contributed by atoms with Crippen molar-refractivity contribution in [3.63, 3.8) is 0 Å². The number of thiocarbonyl (C=S) groups is 1. The van der Waals surface area contributed by atoms with Gasteiger partial charge in [-0.05, 0) is 43.5 Å². The van der Waals surface area contributed by atoms with Gasteiger partial charge in [-0.25, -0.2) is 0 Å². The predicted molar refractivity (Wildman–Crippen MR) is 97.5 cm³/mol. The largest absolute Gasteiger partial charge is 0.376 e. The highest BCUT2D eigenvalue weighted by atomic mass is 32.1. The number of benzene rings is 1. The Kier molecular flexibility index (Phi) is 6.25. The number of nitrogens with one attached hydrogen (secondary N) is 2. The van der Waals surface area contributed by atoms with Gasteiger partial charge in [0.05, 0.1) is 6.10 Å². The quantitative estimate of drug-likeness (QED) is 0.809. The smallest absolute Gasteiger partial charge is 0.166 e. The van der Waals surface area contributed by atoms with E-state index in [2.05, 4.69) is 45.9 Å². The number of rotatable bonds is 5. The van der Waals surface area contributed by atoms with Gasteiger partial charge in [-0.1, -0.05) is 30.3 Å². The second-order valence-corrected chi connectivity index (χ2v) is 6.93. The molecule has 0 aliphatic carbocycles. The Labute approximate surface area is 144 Å². The third-order valence-electron chi connectivity index (χ3n) is 4.69. The molecule has 2 saturated heterocycles. The molecule has 0 bridgehead atoms. The summed E-state index contributed by atoms with van der Waals surface area (Å²) in [6, 6.07) is 11.2. The highest BCUT2D eigenvalue weighted by molar-refractivity contribution is 7.80. The van der Waals surface area contributed by atoms with Gasteiger partial charge in [0.1, 0.15) is 0 Å². The molecule has 23 heavy (non-hydrogen) atoms. The summed E-state index contributed by atoms with van der Waals surface area (Å²) in [5, 5.41) is 7.55. The minimum Gasteiger partial charge on any atom is -0.376 e. The van der Waals surface area contributed by atoms with E-state index in [4.69, 9.17) is 17.0 Å². The van der Waals surface area contributed by atoms with E-state index in [1.165, 1.54) is 12.0 Å². The van der Waals surface area contributed by atoms with E-state index in [0.717, 1.165) is 57.2 Å². The second-order valence-electron chi connectivity index (χ2n) is 6.53. The van der Waals surface area contributed by atoms with E-state index in [9.17, 15) is 0 Å². The molecule has 5 heteroatoms. The zero-order valence-corrected chi connectivity index (χ0v) is 14.5. The Hall–Kier alpha value is -1.17. The lowest BCUT2D eigenvalue weighted by molar-refractivity contribution is 0.114. The molecule has 4 nitrogen and oxygen atoms in total. The molecular weight excluding hydrogens is 306 g/mol. The van der Waals surface area contributed by atoms with E-state index < -0.39 is 0 Å². The molecule has 1 aromatic carbocycles. The van der Waals surface area contributed by atoms with Crippen molar-refractivity contribution >= 4 is 17.3 Å². The van der Waals surface area contributed by atoms with Crippen molar-refractivity contribution in [1.82, 2.24) is 15.5 Å². The van der Waals surface area contributed by atoms with E-state index in [1.54, 1.807) is 0 Å². The van der Waals surface area contributed by atoms with Crippen molar-refractivity contribution in [2.75, 3.05) is 26.2 Å². The Morgan fingerprint density at radius 3 is 2.65 bits per heavy atom. The lowest BCUT2D eigenvalue weighted by Crippen LogP contribution is -2.48. The van der Waals surface area contributed by atoms with Gasteiger partial charge in [-0.2, -0.15) is 0 Å². The van der Waals surface area contributed by atoms with Crippen LogP contribution in [0.15, 0.2) is 30.3 Å². The van der Waals surface area contributed by atoms with E-state index in [0.29, 0.717) is 12.1 Å². The minimum atomic E-state index is 0.336. The molecule has 2 N–H and O–H groups in total. The number of piperidine rings is 1. The lowest BCUT2D eigenvalue weighted by Gasteiger charge is -2.33. The van der Waals surface area contributed by atoms with Gasteiger partial charge in [0, 0.05) is 38.8 Å². The highest BCUT2D eigenvalue weighted by Crippen LogP contribution is 2.14. The zero-order chi connectivity index (χ0) is 15.9. The molecule has 2 aliphatic heterocycles. The molecule has 3 rings (SSSR count). The van der Waals surface area contributed by atoms with Gasteiger partial charge in [0.2, 0.25) is 0 Å². The maximum Gasteiger partial charge on any atom is 0.166 e. The average Bonchev–Trinajstić information content (AvgIpc) is 3.09. The van der Waals surface area contributed by atoms with Crippen molar-refractivity contribution in [3.05, 3.63) is 35.9 Å². The third kappa shape index (κ3) is 5.44. The van der Waals surface area contributed by atoms with Gasteiger partial charge in [-0.15, -0.1) is 0 Å². The first-order valence-electron chi connectivity index (χ1n) is 8.72. The first-order chi connectivity index (χ1) is 11.3.